The molecule has 5 rings (SSSR count). The van der Waals surface area contributed by atoms with E-state index in [0.29, 0.717) is 17.4 Å². The van der Waals surface area contributed by atoms with Crippen LogP contribution in [0.5, 0.6) is 11.5 Å². The van der Waals surface area contributed by atoms with E-state index in [1.165, 1.54) is 18.4 Å². The van der Waals surface area contributed by atoms with Crippen LogP contribution in [-0.2, 0) is 0 Å². The summed E-state index contributed by atoms with van der Waals surface area (Å²) < 4.78 is 8.37. The average molecular weight is 426 g/mol. The maximum atomic E-state index is 5.94. The molecule has 4 aromatic rings. The van der Waals surface area contributed by atoms with Gasteiger partial charge in [-0.1, -0.05) is 51.1 Å². The molecule has 1 saturated carbocycles. The maximum absolute atomic E-state index is 5.94. The summed E-state index contributed by atoms with van der Waals surface area (Å²) in [5.41, 5.74) is 3.58. The summed E-state index contributed by atoms with van der Waals surface area (Å²) in [4.78, 5) is 4.97. The first-order valence-corrected chi connectivity index (χ1v) is 11.5. The number of benzene rings is 3. The molecule has 0 bridgehead atoms. The third-order valence-electron chi connectivity index (χ3n) is 6.41. The van der Waals surface area contributed by atoms with Crippen molar-refractivity contribution in [2.24, 2.45) is 11.3 Å². The number of hydrogen-bond donors (Lipinski definition) is 1. The van der Waals surface area contributed by atoms with E-state index in [4.69, 9.17) is 9.72 Å². The fourth-order valence-corrected chi connectivity index (χ4v) is 5.35. The van der Waals surface area contributed by atoms with Crippen molar-refractivity contribution in [3.05, 3.63) is 78.9 Å². The molecule has 0 saturated heterocycles. The molecule has 4 heteroatoms. The van der Waals surface area contributed by atoms with Crippen LogP contribution < -0.4 is 10.1 Å². The van der Waals surface area contributed by atoms with E-state index in [2.05, 4.69) is 67.1 Å². The van der Waals surface area contributed by atoms with Gasteiger partial charge in [-0.05, 0) is 79.1 Å². The molecular weight excluding hydrogens is 394 g/mol. The lowest BCUT2D eigenvalue weighted by molar-refractivity contribution is 0.140. The Hall–Kier alpha value is -3.27. The molecule has 1 aliphatic rings. The number of fused-ring (bicyclic) bond motifs is 1. The predicted octanol–water partition coefficient (Wildman–Crippen LogP) is 7.96. The normalized spacial score (nSPS) is 20.2. The number of para-hydroxylation sites is 3. The highest BCUT2D eigenvalue weighted by Gasteiger charge is 2.34. The average Bonchev–Trinajstić information content (AvgIpc) is 3.12. The van der Waals surface area contributed by atoms with Gasteiger partial charge in [0.25, 0.3) is 0 Å². The third kappa shape index (κ3) is 4.36. The Labute approximate surface area is 190 Å². The maximum Gasteiger partial charge on any atom is 0.208 e. The second kappa shape index (κ2) is 8.34. The molecule has 164 valence electrons. The van der Waals surface area contributed by atoms with E-state index in [1.807, 2.05) is 42.5 Å². The van der Waals surface area contributed by atoms with Crippen LogP contribution in [-0.4, -0.2) is 9.55 Å². The molecule has 1 fully saturated rings. The second-order valence-corrected chi connectivity index (χ2v) is 9.93. The Morgan fingerprint density at radius 1 is 0.875 bits per heavy atom. The van der Waals surface area contributed by atoms with Gasteiger partial charge in [0.1, 0.15) is 11.5 Å². The Balaban J connectivity index is 1.44. The number of nitrogens with zero attached hydrogens (tertiary/aromatic N) is 2. The number of nitrogens with one attached hydrogen (secondary N) is 1. The highest BCUT2D eigenvalue weighted by molar-refractivity contribution is 5.80. The summed E-state index contributed by atoms with van der Waals surface area (Å²) in [6.07, 6.45) is 3.63. The van der Waals surface area contributed by atoms with E-state index in [0.717, 1.165) is 35.1 Å². The van der Waals surface area contributed by atoms with Gasteiger partial charge >= 0.3 is 0 Å². The summed E-state index contributed by atoms with van der Waals surface area (Å²) in [7, 11) is 0. The molecular formula is C28H31N3O. The Kier molecular flexibility index (Phi) is 5.38. The topological polar surface area (TPSA) is 39.1 Å². The molecule has 1 aliphatic carbocycles. The molecule has 4 nitrogen and oxygen atoms in total. The molecule has 32 heavy (non-hydrogen) atoms. The zero-order chi connectivity index (χ0) is 22.1. The minimum atomic E-state index is 0.335. The van der Waals surface area contributed by atoms with Gasteiger partial charge < -0.3 is 14.6 Å². The predicted molar refractivity (Wildman–Crippen MR) is 132 cm³/mol. The van der Waals surface area contributed by atoms with Gasteiger partial charge in [-0.25, -0.2) is 4.98 Å². The van der Waals surface area contributed by atoms with Crippen LogP contribution in [0.25, 0.3) is 11.0 Å². The van der Waals surface area contributed by atoms with Crippen molar-refractivity contribution in [1.82, 2.24) is 9.55 Å². The van der Waals surface area contributed by atoms with Crippen molar-refractivity contribution in [2.75, 3.05) is 5.32 Å². The molecule has 2 atom stereocenters. The standard InChI is InChI=1S/C28H31N3O/c1-20-17-22(19-28(2,3)18-20)31-26-12-8-7-11-25(26)30-27(31)29-21-13-15-24(16-14-21)32-23-9-5-4-6-10-23/h4-16,20,22H,17-19H2,1-3H3,(H,29,30)/t20?,22-/m0/s1. The van der Waals surface area contributed by atoms with Crippen LogP contribution in [0.1, 0.15) is 46.1 Å². The van der Waals surface area contributed by atoms with E-state index in [-0.39, 0.29) is 0 Å². The minimum Gasteiger partial charge on any atom is -0.457 e. The quantitative estimate of drug-likeness (QED) is 0.352. The summed E-state index contributed by atoms with van der Waals surface area (Å²) in [5, 5.41) is 3.59. The fraction of sp³-hybridized carbons (Fsp3) is 0.321. The van der Waals surface area contributed by atoms with Crippen LogP contribution in [0, 0.1) is 11.3 Å². The van der Waals surface area contributed by atoms with E-state index < -0.39 is 0 Å². The first kappa shape index (κ1) is 20.6. The lowest BCUT2D eigenvalue weighted by Gasteiger charge is -2.40. The molecule has 1 aromatic heterocycles. The molecule has 0 radical (unpaired) electrons. The summed E-state index contributed by atoms with van der Waals surface area (Å²) in [6, 6.07) is 26.8. The number of anilines is 2. The molecule has 1 heterocycles. The van der Waals surface area contributed by atoms with Gasteiger partial charge in [0.05, 0.1) is 11.0 Å². The smallest absolute Gasteiger partial charge is 0.208 e. The number of ether oxygens (including phenoxy) is 1. The lowest BCUT2D eigenvalue weighted by Crippen LogP contribution is -2.29. The van der Waals surface area contributed by atoms with Gasteiger partial charge in [0, 0.05) is 11.7 Å². The van der Waals surface area contributed by atoms with Gasteiger partial charge in [-0.3, -0.25) is 0 Å². The van der Waals surface area contributed by atoms with Crippen molar-refractivity contribution in [1.29, 1.82) is 0 Å². The van der Waals surface area contributed by atoms with Crippen LogP contribution in [0.3, 0.4) is 0 Å². The van der Waals surface area contributed by atoms with Gasteiger partial charge in [0.2, 0.25) is 5.95 Å². The van der Waals surface area contributed by atoms with Crippen molar-refractivity contribution in [2.45, 2.75) is 46.1 Å². The van der Waals surface area contributed by atoms with E-state index in [9.17, 15) is 0 Å². The second-order valence-electron chi connectivity index (χ2n) is 9.93. The fourth-order valence-electron chi connectivity index (χ4n) is 5.35. The molecule has 1 N–H and O–H groups in total. The van der Waals surface area contributed by atoms with E-state index >= 15 is 0 Å². The minimum absolute atomic E-state index is 0.335. The third-order valence-corrected chi connectivity index (χ3v) is 6.41. The molecule has 0 spiro atoms. The number of rotatable bonds is 5. The zero-order valence-corrected chi connectivity index (χ0v) is 19.1. The molecule has 0 amide bonds. The summed E-state index contributed by atoms with van der Waals surface area (Å²) in [6.45, 7) is 7.17. The van der Waals surface area contributed by atoms with Crippen LogP contribution >= 0.6 is 0 Å². The van der Waals surface area contributed by atoms with Crippen molar-refractivity contribution in [3.8, 4) is 11.5 Å². The zero-order valence-electron chi connectivity index (χ0n) is 19.1. The van der Waals surface area contributed by atoms with Gasteiger partial charge in [-0.2, -0.15) is 0 Å². The van der Waals surface area contributed by atoms with E-state index in [1.54, 1.807) is 0 Å². The number of imidazole rings is 1. The Bertz CT molecular complexity index is 1190. The van der Waals surface area contributed by atoms with Crippen molar-refractivity contribution in [3.63, 3.8) is 0 Å². The first-order valence-electron chi connectivity index (χ1n) is 11.5. The molecule has 0 aliphatic heterocycles. The van der Waals surface area contributed by atoms with Crippen LogP contribution in [0.4, 0.5) is 11.6 Å². The highest BCUT2D eigenvalue weighted by atomic mass is 16.5. The van der Waals surface area contributed by atoms with Crippen LogP contribution in [0.15, 0.2) is 78.9 Å². The highest BCUT2D eigenvalue weighted by Crippen LogP contribution is 2.46. The van der Waals surface area contributed by atoms with Crippen LogP contribution in [0.2, 0.25) is 0 Å². The van der Waals surface area contributed by atoms with Gasteiger partial charge in [0.15, 0.2) is 0 Å². The SMILES string of the molecule is CC1C[C@H](n2c(Nc3ccc(Oc4ccccc4)cc3)nc3ccccc32)CC(C)(C)C1. The first-order chi connectivity index (χ1) is 15.5. The Morgan fingerprint density at radius 2 is 1.56 bits per heavy atom. The van der Waals surface area contributed by atoms with Crippen molar-refractivity contribution >= 4 is 22.7 Å². The van der Waals surface area contributed by atoms with Crippen molar-refractivity contribution < 1.29 is 4.74 Å². The molecule has 3 aromatic carbocycles. The Morgan fingerprint density at radius 3 is 2.31 bits per heavy atom. The number of aromatic nitrogens is 2. The summed E-state index contributed by atoms with van der Waals surface area (Å²) >= 11 is 0. The monoisotopic (exact) mass is 425 g/mol. The molecule has 1 unspecified atom stereocenters. The largest absolute Gasteiger partial charge is 0.457 e. The number of hydrogen-bond acceptors (Lipinski definition) is 3. The van der Waals surface area contributed by atoms with Gasteiger partial charge in [-0.15, -0.1) is 0 Å². The summed E-state index contributed by atoms with van der Waals surface area (Å²) in [5.74, 6) is 3.27. The lowest BCUT2D eigenvalue weighted by atomic mass is 9.70.